The van der Waals surface area contributed by atoms with E-state index in [9.17, 15) is 4.79 Å². The second-order valence-corrected chi connectivity index (χ2v) is 7.12. The van der Waals surface area contributed by atoms with E-state index in [1.54, 1.807) is 31.9 Å². The highest BCUT2D eigenvalue weighted by Crippen LogP contribution is 2.28. The first kappa shape index (κ1) is 19.8. The van der Waals surface area contributed by atoms with Crippen molar-refractivity contribution in [1.82, 2.24) is 25.0 Å². The number of hydrogen-bond donors (Lipinski definition) is 1. The van der Waals surface area contributed by atoms with Crippen LogP contribution < -0.4 is 5.32 Å². The molecule has 0 spiro atoms. The summed E-state index contributed by atoms with van der Waals surface area (Å²) in [5.41, 5.74) is 0. The summed E-state index contributed by atoms with van der Waals surface area (Å²) in [5.74, 6) is 3.16. The fourth-order valence-electron chi connectivity index (χ4n) is 2.81. The zero-order chi connectivity index (χ0) is 17.1. The van der Waals surface area contributed by atoms with Gasteiger partial charge in [-0.3, -0.25) is 4.79 Å². The van der Waals surface area contributed by atoms with E-state index in [-0.39, 0.29) is 18.3 Å². The van der Waals surface area contributed by atoms with Crippen LogP contribution in [0.5, 0.6) is 0 Å². The van der Waals surface area contributed by atoms with Gasteiger partial charge < -0.3 is 19.2 Å². The third kappa shape index (κ3) is 4.56. The quantitative estimate of drug-likeness (QED) is 0.796. The van der Waals surface area contributed by atoms with E-state index in [4.69, 9.17) is 4.42 Å². The van der Waals surface area contributed by atoms with Crippen molar-refractivity contribution in [1.29, 1.82) is 0 Å². The Bertz CT molecular complexity index is 709. The molecule has 138 valence electrons. The van der Waals surface area contributed by atoms with E-state index in [1.807, 2.05) is 13.1 Å². The molecule has 0 atom stereocenters. The van der Waals surface area contributed by atoms with Gasteiger partial charge in [-0.2, -0.15) is 0 Å². The lowest BCUT2D eigenvalue weighted by Crippen LogP contribution is -2.27. The summed E-state index contributed by atoms with van der Waals surface area (Å²) in [4.78, 5) is 13.4. The molecule has 3 rings (SSSR count). The Balaban J connectivity index is 0.00000225. The molecule has 1 amide bonds. The van der Waals surface area contributed by atoms with Gasteiger partial charge in [0.15, 0.2) is 10.9 Å². The number of carbonyl (C=O) groups excluding carboxylic acids is 1. The monoisotopic (exact) mass is 385 g/mol. The summed E-state index contributed by atoms with van der Waals surface area (Å²) in [7, 11) is 5.44. The number of amides is 1. The molecule has 1 aliphatic heterocycles. The van der Waals surface area contributed by atoms with Gasteiger partial charge in [0.2, 0.25) is 0 Å². The van der Waals surface area contributed by atoms with Crippen molar-refractivity contribution >= 4 is 30.1 Å². The Kier molecular flexibility index (Phi) is 6.92. The number of aromatic nitrogens is 3. The number of hydrogen-bond acceptors (Lipinski definition) is 6. The predicted molar refractivity (Wildman–Crippen MR) is 99.4 cm³/mol. The summed E-state index contributed by atoms with van der Waals surface area (Å²) in [6.07, 6.45) is 2.20. The van der Waals surface area contributed by atoms with Crippen LogP contribution in [0.2, 0.25) is 0 Å². The van der Waals surface area contributed by atoms with Crippen LogP contribution >= 0.6 is 24.2 Å². The van der Waals surface area contributed by atoms with Gasteiger partial charge in [-0.05, 0) is 38.1 Å². The first-order chi connectivity index (χ1) is 11.6. The third-order valence-corrected chi connectivity index (χ3v) is 5.24. The summed E-state index contributed by atoms with van der Waals surface area (Å²) >= 11 is 1.57. The first-order valence-corrected chi connectivity index (χ1v) is 9.08. The zero-order valence-corrected chi connectivity index (χ0v) is 16.3. The van der Waals surface area contributed by atoms with Gasteiger partial charge in [0.25, 0.3) is 5.91 Å². The Morgan fingerprint density at radius 1 is 1.36 bits per heavy atom. The summed E-state index contributed by atoms with van der Waals surface area (Å²) in [6.45, 7) is 2.07. The number of thioether (sulfide) groups is 1. The highest BCUT2D eigenvalue weighted by atomic mass is 35.5. The van der Waals surface area contributed by atoms with Crippen molar-refractivity contribution in [2.45, 2.75) is 29.7 Å². The molecule has 0 aliphatic carbocycles. The van der Waals surface area contributed by atoms with Gasteiger partial charge in [-0.25, -0.2) is 0 Å². The summed E-state index contributed by atoms with van der Waals surface area (Å²) in [5, 5.41) is 12.9. The Labute approximate surface area is 158 Å². The molecule has 1 saturated heterocycles. The lowest BCUT2D eigenvalue weighted by atomic mass is 9.97. The predicted octanol–water partition coefficient (Wildman–Crippen LogP) is 2.29. The lowest BCUT2D eigenvalue weighted by molar-refractivity contribution is 0.0795. The fourth-order valence-corrected chi connectivity index (χ4v) is 3.63. The Morgan fingerprint density at radius 3 is 2.76 bits per heavy atom. The van der Waals surface area contributed by atoms with E-state index in [0.717, 1.165) is 42.7 Å². The summed E-state index contributed by atoms with van der Waals surface area (Å²) in [6, 6.07) is 3.56. The molecule has 1 aliphatic rings. The van der Waals surface area contributed by atoms with Gasteiger partial charge in [-0.1, -0.05) is 11.8 Å². The van der Waals surface area contributed by atoms with Gasteiger partial charge in [-0.15, -0.1) is 22.6 Å². The third-order valence-electron chi connectivity index (χ3n) is 4.20. The second kappa shape index (κ2) is 8.73. The minimum absolute atomic E-state index is 0. The van der Waals surface area contributed by atoms with Crippen molar-refractivity contribution in [3.05, 3.63) is 29.5 Å². The molecule has 1 N–H and O–H groups in total. The number of carbonyl (C=O) groups is 1. The second-order valence-electron chi connectivity index (χ2n) is 6.18. The topological polar surface area (TPSA) is 76.2 Å². The van der Waals surface area contributed by atoms with Crippen LogP contribution in [0.3, 0.4) is 0 Å². The van der Waals surface area contributed by atoms with Crippen LogP contribution in [0.15, 0.2) is 21.7 Å². The van der Waals surface area contributed by atoms with Gasteiger partial charge in [0.05, 0.1) is 5.75 Å². The Morgan fingerprint density at radius 2 is 2.08 bits per heavy atom. The normalized spacial score (nSPS) is 15.0. The first-order valence-electron chi connectivity index (χ1n) is 8.09. The van der Waals surface area contributed by atoms with E-state index < -0.39 is 0 Å². The number of piperidine rings is 1. The van der Waals surface area contributed by atoms with E-state index >= 15 is 0 Å². The molecule has 3 heterocycles. The van der Waals surface area contributed by atoms with Crippen molar-refractivity contribution in [2.75, 3.05) is 27.2 Å². The van der Waals surface area contributed by atoms with E-state index in [0.29, 0.717) is 17.4 Å². The van der Waals surface area contributed by atoms with Crippen molar-refractivity contribution in [2.24, 2.45) is 7.05 Å². The van der Waals surface area contributed by atoms with Crippen LogP contribution in [-0.2, 0) is 12.8 Å². The van der Waals surface area contributed by atoms with Gasteiger partial charge in [0.1, 0.15) is 11.6 Å². The SMILES string of the molecule is CN(C)C(=O)c1ccc(CSc2nnc(C3CCNCC3)n2C)o1.Cl. The van der Waals surface area contributed by atoms with Crippen molar-refractivity contribution in [3.8, 4) is 0 Å². The van der Waals surface area contributed by atoms with Crippen LogP contribution in [0.25, 0.3) is 0 Å². The van der Waals surface area contributed by atoms with Gasteiger partial charge in [0, 0.05) is 27.1 Å². The van der Waals surface area contributed by atoms with E-state index in [1.165, 1.54) is 4.90 Å². The van der Waals surface area contributed by atoms with Crippen LogP contribution in [0.1, 0.15) is 40.9 Å². The molecule has 0 radical (unpaired) electrons. The van der Waals surface area contributed by atoms with Gasteiger partial charge >= 0.3 is 0 Å². The van der Waals surface area contributed by atoms with Crippen molar-refractivity contribution in [3.63, 3.8) is 0 Å². The highest BCUT2D eigenvalue weighted by Gasteiger charge is 2.22. The van der Waals surface area contributed by atoms with Crippen LogP contribution in [0.4, 0.5) is 0 Å². The maximum atomic E-state index is 11.9. The highest BCUT2D eigenvalue weighted by molar-refractivity contribution is 7.98. The number of nitrogens with zero attached hydrogens (tertiary/aromatic N) is 4. The largest absolute Gasteiger partial charge is 0.455 e. The summed E-state index contributed by atoms with van der Waals surface area (Å²) < 4.78 is 7.69. The maximum absolute atomic E-state index is 11.9. The molecular formula is C16H24ClN5O2S. The van der Waals surface area contributed by atoms with Crippen LogP contribution in [0, 0.1) is 0 Å². The minimum atomic E-state index is -0.127. The fraction of sp³-hybridized carbons (Fsp3) is 0.562. The number of nitrogens with one attached hydrogen (secondary N) is 1. The maximum Gasteiger partial charge on any atom is 0.289 e. The molecule has 7 nitrogen and oxygen atoms in total. The molecule has 0 saturated carbocycles. The van der Waals surface area contributed by atoms with Crippen molar-refractivity contribution < 1.29 is 9.21 Å². The molecule has 2 aromatic heterocycles. The molecule has 0 bridgehead atoms. The Hall–Kier alpha value is -1.51. The lowest BCUT2D eigenvalue weighted by Gasteiger charge is -2.21. The molecular weight excluding hydrogens is 362 g/mol. The molecule has 0 unspecified atom stereocenters. The minimum Gasteiger partial charge on any atom is -0.455 e. The number of halogens is 1. The molecule has 0 aromatic carbocycles. The average molecular weight is 386 g/mol. The number of rotatable bonds is 5. The molecule has 25 heavy (non-hydrogen) atoms. The number of furan rings is 1. The van der Waals surface area contributed by atoms with Crippen LogP contribution in [-0.4, -0.2) is 52.8 Å². The smallest absolute Gasteiger partial charge is 0.289 e. The standard InChI is InChI=1S/C16H23N5O2S.ClH/c1-20(2)15(22)13-5-4-12(23-13)10-24-16-19-18-14(21(16)3)11-6-8-17-9-7-11;/h4-5,11,17H,6-10H2,1-3H3;1H. The molecule has 1 fully saturated rings. The zero-order valence-electron chi connectivity index (χ0n) is 14.7. The molecule has 9 heteroatoms. The van der Waals surface area contributed by atoms with E-state index in [2.05, 4.69) is 20.1 Å². The average Bonchev–Trinajstić information content (AvgIpc) is 3.20. The molecule has 2 aromatic rings.